The van der Waals surface area contributed by atoms with Gasteiger partial charge in [-0.1, -0.05) is 6.07 Å². The van der Waals surface area contributed by atoms with Crippen LogP contribution >= 0.6 is 0 Å². The van der Waals surface area contributed by atoms with Crippen molar-refractivity contribution in [2.75, 3.05) is 26.2 Å². The number of aryl methyl sites for hydroxylation is 2. The van der Waals surface area contributed by atoms with Crippen molar-refractivity contribution in [3.63, 3.8) is 0 Å². The third kappa shape index (κ3) is 5.79. The van der Waals surface area contributed by atoms with Crippen LogP contribution in [0.3, 0.4) is 0 Å². The molecule has 0 atom stereocenters. The average molecular weight is 402 g/mol. The number of carbonyl (C=O) groups excluding carboxylic acids is 3. The van der Waals surface area contributed by atoms with Crippen LogP contribution in [-0.4, -0.2) is 58.3 Å². The largest absolute Gasteiger partial charge is 0.466 e. The van der Waals surface area contributed by atoms with Gasteiger partial charge in [0.15, 0.2) is 0 Å². The number of esters is 1. The summed E-state index contributed by atoms with van der Waals surface area (Å²) in [4.78, 5) is 42.5. The van der Waals surface area contributed by atoms with Gasteiger partial charge in [-0.3, -0.25) is 18.8 Å². The SMILES string of the molecule is CCOC(=O)CCN(CC)C(=O)CCCNC(=O)c1c(C)nc2c(C)cccn12. The Bertz CT molecular complexity index is 875. The molecule has 0 aliphatic carbocycles. The Morgan fingerprint density at radius 3 is 2.66 bits per heavy atom. The Morgan fingerprint density at radius 2 is 1.97 bits per heavy atom. The second-order valence-corrected chi connectivity index (χ2v) is 6.82. The summed E-state index contributed by atoms with van der Waals surface area (Å²) < 4.78 is 6.68. The van der Waals surface area contributed by atoms with Crippen molar-refractivity contribution in [1.29, 1.82) is 0 Å². The highest BCUT2D eigenvalue weighted by Gasteiger charge is 2.18. The quantitative estimate of drug-likeness (QED) is 0.486. The zero-order valence-electron chi connectivity index (χ0n) is 17.7. The molecule has 0 aromatic carbocycles. The van der Waals surface area contributed by atoms with Crippen LogP contribution in [0.5, 0.6) is 0 Å². The molecule has 0 aliphatic heterocycles. The van der Waals surface area contributed by atoms with Crippen LogP contribution in [0.1, 0.15) is 54.9 Å². The first-order valence-corrected chi connectivity index (χ1v) is 10.0. The molecule has 0 aliphatic rings. The summed E-state index contributed by atoms with van der Waals surface area (Å²) in [6.45, 7) is 9.00. The highest BCUT2D eigenvalue weighted by molar-refractivity contribution is 5.94. The van der Waals surface area contributed by atoms with E-state index in [-0.39, 0.29) is 24.2 Å². The first-order chi connectivity index (χ1) is 13.9. The van der Waals surface area contributed by atoms with Gasteiger partial charge in [-0.25, -0.2) is 4.98 Å². The number of pyridine rings is 1. The van der Waals surface area contributed by atoms with E-state index in [9.17, 15) is 14.4 Å². The molecule has 0 unspecified atom stereocenters. The third-order valence-corrected chi connectivity index (χ3v) is 4.71. The van der Waals surface area contributed by atoms with E-state index in [1.54, 1.807) is 16.2 Å². The molecule has 2 aromatic heterocycles. The Morgan fingerprint density at radius 1 is 1.21 bits per heavy atom. The fraction of sp³-hybridized carbons (Fsp3) is 0.524. The van der Waals surface area contributed by atoms with Crippen LogP contribution in [0.15, 0.2) is 18.3 Å². The third-order valence-electron chi connectivity index (χ3n) is 4.71. The molecule has 0 fully saturated rings. The van der Waals surface area contributed by atoms with E-state index in [1.165, 1.54) is 0 Å². The summed E-state index contributed by atoms with van der Waals surface area (Å²) >= 11 is 0. The van der Waals surface area contributed by atoms with E-state index in [0.29, 0.717) is 50.5 Å². The number of hydrogen-bond acceptors (Lipinski definition) is 5. The van der Waals surface area contributed by atoms with Gasteiger partial charge in [-0.05, 0) is 45.7 Å². The Kier molecular flexibility index (Phi) is 8.18. The lowest BCUT2D eigenvalue weighted by Crippen LogP contribution is -2.34. The van der Waals surface area contributed by atoms with Crippen LogP contribution in [0.4, 0.5) is 0 Å². The number of rotatable bonds is 10. The molecule has 0 saturated heterocycles. The highest BCUT2D eigenvalue weighted by atomic mass is 16.5. The standard InChI is InChI=1S/C21H30N4O4/c1-5-24(14-11-18(27)29-6-2)17(26)10-7-12-22-21(28)19-16(4)23-20-15(3)9-8-13-25(19)20/h8-9,13H,5-7,10-12,14H2,1-4H3,(H,22,28). The summed E-state index contributed by atoms with van der Waals surface area (Å²) in [7, 11) is 0. The Hall–Kier alpha value is -2.90. The maximum Gasteiger partial charge on any atom is 0.307 e. The molecule has 29 heavy (non-hydrogen) atoms. The van der Waals surface area contributed by atoms with Crippen LogP contribution < -0.4 is 5.32 Å². The summed E-state index contributed by atoms with van der Waals surface area (Å²) in [6.07, 6.45) is 2.85. The van der Waals surface area contributed by atoms with E-state index < -0.39 is 0 Å². The fourth-order valence-electron chi connectivity index (χ4n) is 3.19. The van der Waals surface area contributed by atoms with Gasteiger partial charge in [0.1, 0.15) is 11.3 Å². The molecule has 0 radical (unpaired) electrons. The topological polar surface area (TPSA) is 93.0 Å². The minimum Gasteiger partial charge on any atom is -0.466 e. The number of hydrogen-bond donors (Lipinski definition) is 1. The van der Waals surface area contributed by atoms with Crippen molar-refractivity contribution in [2.24, 2.45) is 0 Å². The Balaban J connectivity index is 1.83. The number of imidazole rings is 1. The minimum atomic E-state index is -0.301. The van der Waals surface area contributed by atoms with Crippen molar-refractivity contribution in [2.45, 2.75) is 47.0 Å². The molecular formula is C21H30N4O4. The number of fused-ring (bicyclic) bond motifs is 1. The summed E-state index contributed by atoms with van der Waals surface area (Å²) in [5.74, 6) is -0.542. The van der Waals surface area contributed by atoms with Crippen LogP contribution in [0.25, 0.3) is 5.65 Å². The monoisotopic (exact) mass is 402 g/mol. The number of nitrogens with one attached hydrogen (secondary N) is 1. The number of aromatic nitrogens is 2. The second-order valence-electron chi connectivity index (χ2n) is 6.82. The molecule has 2 heterocycles. The zero-order chi connectivity index (χ0) is 21.4. The maximum atomic E-state index is 12.6. The van der Waals surface area contributed by atoms with Gasteiger partial charge in [-0.2, -0.15) is 0 Å². The molecule has 2 aromatic rings. The number of nitrogens with zero attached hydrogens (tertiary/aromatic N) is 3. The minimum absolute atomic E-state index is 0.0346. The predicted octanol–water partition coefficient (Wildman–Crippen LogP) is 2.26. The lowest BCUT2D eigenvalue weighted by molar-refractivity contribution is -0.144. The van der Waals surface area contributed by atoms with Crippen molar-refractivity contribution >= 4 is 23.4 Å². The fourth-order valence-corrected chi connectivity index (χ4v) is 3.19. The number of carbonyl (C=O) groups is 3. The van der Waals surface area contributed by atoms with E-state index >= 15 is 0 Å². The van der Waals surface area contributed by atoms with E-state index in [4.69, 9.17) is 4.74 Å². The number of ether oxygens (including phenoxy) is 1. The van der Waals surface area contributed by atoms with E-state index in [1.807, 2.05) is 39.1 Å². The molecule has 2 rings (SSSR count). The van der Waals surface area contributed by atoms with E-state index in [2.05, 4.69) is 10.3 Å². The molecule has 158 valence electrons. The van der Waals surface area contributed by atoms with Gasteiger partial charge >= 0.3 is 5.97 Å². The number of amides is 2. The molecular weight excluding hydrogens is 372 g/mol. The molecule has 0 spiro atoms. The predicted molar refractivity (Wildman–Crippen MR) is 110 cm³/mol. The van der Waals surface area contributed by atoms with E-state index in [0.717, 1.165) is 11.2 Å². The molecule has 1 N–H and O–H groups in total. The summed E-state index contributed by atoms with van der Waals surface area (Å²) in [6, 6.07) is 3.84. The second kappa shape index (κ2) is 10.6. The van der Waals surface area contributed by atoms with Gasteiger partial charge < -0.3 is 15.0 Å². The van der Waals surface area contributed by atoms with Gasteiger partial charge in [0, 0.05) is 32.3 Å². The normalized spacial score (nSPS) is 10.8. The Labute approximate surface area is 171 Å². The van der Waals surface area contributed by atoms with Crippen molar-refractivity contribution in [3.05, 3.63) is 35.3 Å². The van der Waals surface area contributed by atoms with Gasteiger partial charge in [0.2, 0.25) is 5.91 Å². The van der Waals surface area contributed by atoms with Gasteiger partial charge in [0.25, 0.3) is 5.91 Å². The first-order valence-electron chi connectivity index (χ1n) is 10.0. The highest BCUT2D eigenvalue weighted by Crippen LogP contribution is 2.15. The molecule has 0 saturated carbocycles. The summed E-state index contributed by atoms with van der Waals surface area (Å²) in [5, 5.41) is 2.87. The smallest absolute Gasteiger partial charge is 0.307 e. The van der Waals surface area contributed by atoms with Gasteiger partial charge in [0.05, 0.1) is 18.7 Å². The average Bonchev–Trinajstić information content (AvgIpc) is 3.03. The molecule has 2 amide bonds. The van der Waals surface area contributed by atoms with Gasteiger partial charge in [-0.15, -0.1) is 0 Å². The van der Waals surface area contributed by atoms with Crippen LogP contribution in [0, 0.1) is 13.8 Å². The maximum absolute atomic E-state index is 12.6. The first kappa shape index (κ1) is 22.4. The van der Waals surface area contributed by atoms with Crippen molar-refractivity contribution < 1.29 is 19.1 Å². The lowest BCUT2D eigenvalue weighted by atomic mass is 10.2. The molecule has 0 bridgehead atoms. The van der Waals surface area contributed by atoms with Crippen molar-refractivity contribution in [1.82, 2.24) is 19.6 Å². The molecule has 8 nitrogen and oxygen atoms in total. The lowest BCUT2D eigenvalue weighted by Gasteiger charge is -2.20. The van der Waals surface area contributed by atoms with Crippen molar-refractivity contribution in [3.8, 4) is 0 Å². The molecule has 8 heteroatoms. The zero-order valence-corrected chi connectivity index (χ0v) is 17.7. The summed E-state index contributed by atoms with van der Waals surface area (Å²) in [5.41, 5.74) is 2.96. The van der Waals surface area contributed by atoms with Crippen LogP contribution in [0.2, 0.25) is 0 Å². The van der Waals surface area contributed by atoms with Crippen LogP contribution in [-0.2, 0) is 14.3 Å².